The molecular formula is C11H10BrNO5. The van der Waals surface area contributed by atoms with Gasteiger partial charge in [0.2, 0.25) is 0 Å². The van der Waals surface area contributed by atoms with Gasteiger partial charge in [-0.15, -0.1) is 0 Å². The number of nitrogens with one attached hydrogen (secondary N) is 1. The van der Waals surface area contributed by atoms with Crippen LogP contribution in [0, 0.1) is 0 Å². The highest BCUT2D eigenvalue weighted by molar-refractivity contribution is 9.10. The minimum atomic E-state index is -1.37. The van der Waals surface area contributed by atoms with Crippen molar-refractivity contribution >= 4 is 33.6 Å². The monoisotopic (exact) mass is 315 g/mol. The van der Waals surface area contributed by atoms with Gasteiger partial charge < -0.3 is 20.3 Å². The van der Waals surface area contributed by atoms with Crippen LogP contribution in [0.5, 0.6) is 5.75 Å². The summed E-state index contributed by atoms with van der Waals surface area (Å²) in [5.74, 6) is -2.33. The van der Waals surface area contributed by atoms with Crippen molar-refractivity contribution < 1.29 is 24.5 Å². The Morgan fingerprint density at radius 2 is 2.06 bits per heavy atom. The Morgan fingerprint density at radius 3 is 2.56 bits per heavy atom. The van der Waals surface area contributed by atoms with E-state index in [2.05, 4.69) is 21.2 Å². The van der Waals surface area contributed by atoms with E-state index in [0.29, 0.717) is 17.5 Å². The quantitative estimate of drug-likeness (QED) is 0.718. The molecular weight excluding hydrogens is 306 g/mol. The molecule has 0 saturated carbocycles. The van der Waals surface area contributed by atoms with Gasteiger partial charge in [0.1, 0.15) is 11.4 Å². The van der Waals surface area contributed by atoms with Crippen LogP contribution in [-0.4, -0.2) is 29.3 Å². The predicted octanol–water partition coefficient (Wildman–Crippen LogP) is 1.92. The fraction of sp³-hybridized carbons (Fsp3) is 0.0909. The van der Waals surface area contributed by atoms with Crippen molar-refractivity contribution in [3.8, 4) is 5.75 Å². The number of halogens is 1. The molecule has 0 aliphatic carbocycles. The summed E-state index contributed by atoms with van der Waals surface area (Å²) in [6, 6.07) is 4.87. The zero-order chi connectivity index (χ0) is 13.7. The van der Waals surface area contributed by atoms with Crippen LogP contribution < -0.4 is 10.1 Å². The molecule has 0 unspecified atom stereocenters. The van der Waals surface area contributed by atoms with Gasteiger partial charge in [0.25, 0.3) is 0 Å². The Bertz CT molecular complexity index is 512. The number of aliphatic carboxylic acids is 2. The summed E-state index contributed by atoms with van der Waals surface area (Å²) in [5, 5.41) is 19.9. The third-order valence-corrected chi connectivity index (χ3v) is 2.42. The highest BCUT2D eigenvalue weighted by Gasteiger charge is 2.12. The lowest BCUT2D eigenvalue weighted by molar-refractivity contribution is -0.134. The summed E-state index contributed by atoms with van der Waals surface area (Å²) in [7, 11) is 1.42. The molecule has 3 N–H and O–H groups in total. The summed E-state index contributed by atoms with van der Waals surface area (Å²) in [6.45, 7) is 0. The van der Waals surface area contributed by atoms with Gasteiger partial charge in [0.15, 0.2) is 0 Å². The van der Waals surface area contributed by atoms with Gasteiger partial charge in [0, 0.05) is 4.47 Å². The molecule has 0 bridgehead atoms. The fourth-order valence-electron chi connectivity index (χ4n) is 1.19. The van der Waals surface area contributed by atoms with E-state index in [9.17, 15) is 9.59 Å². The molecule has 0 saturated heterocycles. The predicted molar refractivity (Wildman–Crippen MR) is 67.7 cm³/mol. The number of hydrogen-bond donors (Lipinski definition) is 3. The van der Waals surface area contributed by atoms with Crippen molar-refractivity contribution in [1.82, 2.24) is 0 Å². The number of benzene rings is 1. The van der Waals surface area contributed by atoms with Crippen molar-refractivity contribution in [1.29, 1.82) is 0 Å². The smallest absolute Gasteiger partial charge is 0.352 e. The summed E-state index contributed by atoms with van der Waals surface area (Å²) in [6.07, 6.45) is 0.573. The van der Waals surface area contributed by atoms with Crippen LogP contribution in [0.3, 0.4) is 0 Å². The summed E-state index contributed by atoms with van der Waals surface area (Å²) in [4.78, 5) is 21.4. The molecule has 1 rings (SSSR count). The van der Waals surface area contributed by atoms with Gasteiger partial charge in [-0.25, -0.2) is 9.59 Å². The molecule has 0 atom stereocenters. The van der Waals surface area contributed by atoms with Crippen molar-refractivity contribution in [2.45, 2.75) is 0 Å². The SMILES string of the molecule is COc1cc(Br)ccc1N/C(=C\C(=O)O)C(=O)O. The number of anilines is 1. The van der Waals surface area contributed by atoms with Crippen LogP contribution in [0.2, 0.25) is 0 Å². The van der Waals surface area contributed by atoms with Crippen LogP contribution in [0.4, 0.5) is 5.69 Å². The van der Waals surface area contributed by atoms with E-state index in [1.54, 1.807) is 18.2 Å². The zero-order valence-corrected chi connectivity index (χ0v) is 10.9. The standard InChI is InChI=1S/C11H10BrNO5/c1-18-9-4-6(12)2-3-7(9)13-8(11(16)17)5-10(14)15/h2-5,13H,1H3,(H,14,15)(H,16,17)/b8-5-. The maximum atomic E-state index is 10.9. The number of methoxy groups -OCH3 is 1. The second kappa shape index (κ2) is 6.06. The van der Waals surface area contributed by atoms with Crippen LogP contribution in [0.1, 0.15) is 0 Å². The summed E-state index contributed by atoms with van der Waals surface area (Å²) >= 11 is 3.24. The molecule has 0 heterocycles. The molecule has 96 valence electrons. The van der Waals surface area contributed by atoms with E-state index in [4.69, 9.17) is 14.9 Å². The number of rotatable bonds is 5. The summed E-state index contributed by atoms with van der Waals surface area (Å²) in [5.41, 5.74) is -0.0984. The summed E-state index contributed by atoms with van der Waals surface area (Å²) < 4.78 is 5.81. The second-order valence-electron chi connectivity index (χ2n) is 3.17. The Kier molecular flexibility index (Phi) is 4.73. The first-order valence-corrected chi connectivity index (χ1v) is 5.52. The van der Waals surface area contributed by atoms with Crippen molar-refractivity contribution in [3.05, 3.63) is 34.4 Å². The third-order valence-electron chi connectivity index (χ3n) is 1.93. The van der Waals surface area contributed by atoms with Crippen LogP contribution in [0.15, 0.2) is 34.4 Å². The van der Waals surface area contributed by atoms with Gasteiger partial charge >= 0.3 is 11.9 Å². The molecule has 1 aromatic rings. The molecule has 0 aliphatic heterocycles. The average Bonchev–Trinajstić information content (AvgIpc) is 2.29. The first-order valence-electron chi connectivity index (χ1n) is 4.72. The van der Waals surface area contributed by atoms with E-state index in [-0.39, 0.29) is 0 Å². The van der Waals surface area contributed by atoms with Crippen LogP contribution in [0.25, 0.3) is 0 Å². The molecule has 0 spiro atoms. The highest BCUT2D eigenvalue weighted by atomic mass is 79.9. The Hall–Kier alpha value is -2.02. The van der Waals surface area contributed by atoms with E-state index in [1.165, 1.54) is 7.11 Å². The Labute approximate surface area is 111 Å². The van der Waals surface area contributed by atoms with Crippen LogP contribution >= 0.6 is 15.9 Å². The fourth-order valence-corrected chi connectivity index (χ4v) is 1.53. The van der Waals surface area contributed by atoms with Crippen molar-refractivity contribution in [3.63, 3.8) is 0 Å². The number of carboxylic acids is 2. The molecule has 7 heteroatoms. The minimum absolute atomic E-state index is 0.357. The molecule has 6 nitrogen and oxygen atoms in total. The average molecular weight is 316 g/mol. The first kappa shape index (κ1) is 14.0. The van der Waals surface area contributed by atoms with Crippen molar-refractivity contribution in [2.75, 3.05) is 12.4 Å². The third kappa shape index (κ3) is 3.77. The molecule has 0 aliphatic rings. The van der Waals surface area contributed by atoms with Gasteiger partial charge in [-0.3, -0.25) is 0 Å². The molecule has 0 radical (unpaired) electrons. The molecule has 1 aromatic carbocycles. The Balaban J connectivity index is 3.08. The number of carbonyl (C=O) groups is 2. The minimum Gasteiger partial charge on any atom is -0.495 e. The van der Waals surface area contributed by atoms with E-state index < -0.39 is 17.6 Å². The second-order valence-corrected chi connectivity index (χ2v) is 4.09. The first-order chi connectivity index (χ1) is 8.43. The normalized spacial score (nSPS) is 10.9. The van der Waals surface area contributed by atoms with Crippen molar-refractivity contribution in [2.24, 2.45) is 0 Å². The van der Waals surface area contributed by atoms with E-state index >= 15 is 0 Å². The lowest BCUT2D eigenvalue weighted by Gasteiger charge is -2.11. The maximum absolute atomic E-state index is 10.9. The van der Waals surface area contributed by atoms with E-state index in [0.717, 1.165) is 4.47 Å². The van der Waals surface area contributed by atoms with Gasteiger partial charge in [0.05, 0.1) is 18.9 Å². The zero-order valence-electron chi connectivity index (χ0n) is 9.31. The molecule has 0 fully saturated rings. The van der Waals surface area contributed by atoms with Gasteiger partial charge in [-0.05, 0) is 18.2 Å². The van der Waals surface area contributed by atoms with Gasteiger partial charge in [-0.1, -0.05) is 15.9 Å². The van der Waals surface area contributed by atoms with Crippen LogP contribution in [-0.2, 0) is 9.59 Å². The van der Waals surface area contributed by atoms with Gasteiger partial charge in [-0.2, -0.15) is 0 Å². The maximum Gasteiger partial charge on any atom is 0.352 e. The molecule has 0 amide bonds. The largest absolute Gasteiger partial charge is 0.495 e. The molecule has 18 heavy (non-hydrogen) atoms. The Morgan fingerprint density at radius 1 is 1.39 bits per heavy atom. The lowest BCUT2D eigenvalue weighted by Crippen LogP contribution is -2.13. The number of hydrogen-bond acceptors (Lipinski definition) is 4. The lowest BCUT2D eigenvalue weighted by atomic mass is 10.2. The van der Waals surface area contributed by atoms with E-state index in [1.807, 2.05) is 0 Å². The highest BCUT2D eigenvalue weighted by Crippen LogP contribution is 2.28. The number of carboxylic acid groups (broad SMARTS) is 2. The topological polar surface area (TPSA) is 95.9 Å². The number of ether oxygens (including phenoxy) is 1. The molecule has 0 aromatic heterocycles.